The topological polar surface area (TPSA) is 56.2 Å². The third-order valence-electron chi connectivity index (χ3n) is 3.86. The van der Waals surface area contributed by atoms with E-state index in [4.69, 9.17) is 9.72 Å². The van der Waals surface area contributed by atoms with E-state index in [2.05, 4.69) is 35.0 Å². The van der Waals surface area contributed by atoms with Gasteiger partial charge in [-0.05, 0) is 31.4 Å². The maximum absolute atomic E-state index is 11.3. The fourth-order valence-corrected chi connectivity index (χ4v) is 2.78. The number of carbonyl (C=O) groups excluding carboxylic acids is 1. The number of unbranched alkanes of at least 4 members (excludes halogenated alkanes) is 2. The molecule has 0 unspecified atom stereocenters. The average molecular weight is 317 g/mol. The third-order valence-corrected chi connectivity index (χ3v) is 3.86. The molecule has 1 aromatic heterocycles. The van der Waals surface area contributed by atoms with E-state index in [-0.39, 0.29) is 12.5 Å². The fraction of sp³-hybridized carbons (Fsp3) is 0.556. The lowest BCUT2D eigenvalue weighted by Crippen LogP contribution is -2.27. The summed E-state index contributed by atoms with van der Waals surface area (Å²) in [6.45, 7) is 4.07. The molecule has 2 aromatic rings. The van der Waals surface area contributed by atoms with Crippen molar-refractivity contribution in [1.82, 2.24) is 14.9 Å². The van der Waals surface area contributed by atoms with Crippen LogP contribution in [-0.2, 0) is 22.5 Å². The molecule has 0 aliphatic carbocycles. The Kier molecular flexibility index (Phi) is 7.07. The van der Waals surface area contributed by atoms with Gasteiger partial charge in [0, 0.05) is 26.6 Å². The van der Waals surface area contributed by atoms with E-state index in [1.54, 1.807) is 0 Å². The number of fused-ring (bicyclic) bond motifs is 1. The molecule has 5 heteroatoms. The molecule has 0 spiro atoms. The number of benzene rings is 1. The second-order valence-electron chi connectivity index (χ2n) is 5.76. The molecular weight excluding hydrogens is 290 g/mol. The number of aromatic nitrogens is 2. The number of para-hydroxylation sites is 2. The molecule has 2 rings (SSSR count). The number of hydrogen-bond donors (Lipinski definition) is 1. The largest absolute Gasteiger partial charge is 0.375 e. The first kappa shape index (κ1) is 17.5. The minimum absolute atomic E-state index is 0.0442. The zero-order chi connectivity index (χ0) is 16.5. The van der Waals surface area contributed by atoms with Gasteiger partial charge >= 0.3 is 0 Å². The first-order chi connectivity index (χ1) is 11.3. The number of hydrogen-bond acceptors (Lipinski definition) is 3. The minimum Gasteiger partial charge on any atom is -0.375 e. The Morgan fingerprint density at radius 1 is 1.26 bits per heavy atom. The lowest BCUT2D eigenvalue weighted by Gasteiger charge is -2.08. The van der Waals surface area contributed by atoms with Gasteiger partial charge in [-0.25, -0.2) is 4.98 Å². The standard InChI is InChI=1S/C18H27N3O2/c1-3-13-21-16-10-7-6-9-15(16)20-17(21)11-5-4-8-12-19-18(22)14-23-2/h6-7,9-10H,3-5,8,11-14H2,1-2H3,(H,19,22). The summed E-state index contributed by atoms with van der Waals surface area (Å²) in [5.41, 5.74) is 2.32. The van der Waals surface area contributed by atoms with Crippen LogP contribution in [0.2, 0.25) is 0 Å². The number of amides is 1. The van der Waals surface area contributed by atoms with Crippen LogP contribution in [0.5, 0.6) is 0 Å². The van der Waals surface area contributed by atoms with Crippen molar-refractivity contribution >= 4 is 16.9 Å². The Morgan fingerprint density at radius 3 is 2.87 bits per heavy atom. The lowest BCUT2D eigenvalue weighted by molar-refractivity contribution is -0.124. The van der Waals surface area contributed by atoms with Crippen LogP contribution in [0.1, 0.15) is 38.4 Å². The molecule has 5 nitrogen and oxygen atoms in total. The van der Waals surface area contributed by atoms with Crippen LogP contribution in [0.3, 0.4) is 0 Å². The van der Waals surface area contributed by atoms with Crippen LogP contribution in [0, 0.1) is 0 Å². The van der Waals surface area contributed by atoms with Crippen LogP contribution in [0.15, 0.2) is 24.3 Å². The van der Waals surface area contributed by atoms with Crippen molar-refractivity contribution in [2.24, 2.45) is 0 Å². The zero-order valence-electron chi connectivity index (χ0n) is 14.2. The summed E-state index contributed by atoms with van der Waals surface area (Å²) in [4.78, 5) is 16.0. The van der Waals surface area contributed by atoms with Crippen molar-refractivity contribution in [3.8, 4) is 0 Å². The van der Waals surface area contributed by atoms with Gasteiger partial charge in [0.2, 0.25) is 5.91 Å². The van der Waals surface area contributed by atoms with Gasteiger partial charge in [-0.1, -0.05) is 25.5 Å². The molecule has 1 heterocycles. The summed E-state index contributed by atoms with van der Waals surface area (Å²) >= 11 is 0. The molecule has 0 radical (unpaired) electrons. The summed E-state index contributed by atoms with van der Waals surface area (Å²) in [5, 5.41) is 2.85. The lowest BCUT2D eigenvalue weighted by atomic mass is 10.2. The van der Waals surface area contributed by atoms with E-state index in [9.17, 15) is 4.79 Å². The van der Waals surface area contributed by atoms with E-state index < -0.39 is 0 Å². The van der Waals surface area contributed by atoms with E-state index in [0.717, 1.165) is 44.2 Å². The van der Waals surface area contributed by atoms with E-state index in [0.29, 0.717) is 6.54 Å². The molecule has 1 N–H and O–H groups in total. The Bertz CT molecular complexity index is 622. The average Bonchev–Trinajstić information content (AvgIpc) is 2.89. The SMILES string of the molecule is CCCn1c(CCCCCNC(=O)COC)nc2ccccc21. The first-order valence-electron chi connectivity index (χ1n) is 8.46. The van der Waals surface area contributed by atoms with Crippen LogP contribution in [-0.4, -0.2) is 35.7 Å². The van der Waals surface area contributed by atoms with Gasteiger partial charge in [-0.2, -0.15) is 0 Å². The molecule has 1 aromatic carbocycles. The van der Waals surface area contributed by atoms with Crippen molar-refractivity contribution in [3.05, 3.63) is 30.1 Å². The summed E-state index contributed by atoms with van der Waals surface area (Å²) in [6, 6.07) is 8.34. The normalized spacial score (nSPS) is 11.0. The van der Waals surface area contributed by atoms with Crippen LogP contribution in [0.25, 0.3) is 11.0 Å². The molecule has 1 amide bonds. The molecule has 126 valence electrons. The molecule has 0 aliphatic heterocycles. The zero-order valence-corrected chi connectivity index (χ0v) is 14.2. The predicted octanol–water partition coefficient (Wildman–Crippen LogP) is 2.92. The van der Waals surface area contributed by atoms with Gasteiger partial charge in [0.1, 0.15) is 12.4 Å². The molecule has 0 saturated heterocycles. The van der Waals surface area contributed by atoms with Gasteiger partial charge in [0.05, 0.1) is 11.0 Å². The van der Waals surface area contributed by atoms with Crippen LogP contribution >= 0.6 is 0 Å². The number of carbonyl (C=O) groups is 1. The Hall–Kier alpha value is -1.88. The molecule has 0 atom stereocenters. The Morgan fingerprint density at radius 2 is 2.09 bits per heavy atom. The molecule has 0 fully saturated rings. The molecular formula is C18H27N3O2. The molecule has 23 heavy (non-hydrogen) atoms. The highest BCUT2D eigenvalue weighted by Gasteiger charge is 2.09. The van der Waals surface area contributed by atoms with Crippen molar-refractivity contribution < 1.29 is 9.53 Å². The Balaban J connectivity index is 1.80. The number of imidazole rings is 1. The maximum atomic E-state index is 11.3. The maximum Gasteiger partial charge on any atom is 0.245 e. The van der Waals surface area contributed by atoms with Gasteiger partial charge in [0.25, 0.3) is 0 Å². The predicted molar refractivity (Wildman–Crippen MR) is 92.5 cm³/mol. The summed E-state index contributed by atoms with van der Waals surface area (Å²) in [6.07, 6.45) is 5.26. The number of nitrogens with zero attached hydrogens (tertiary/aromatic N) is 2. The number of ether oxygens (including phenoxy) is 1. The molecule has 0 saturated carbocycles. The van der Waals surface area contributed by atoms with E-state index in [1.807, 2.05) is 6.07 Å². The summed E-state index contributed by atoms with van der Waals surface area (Å²) in [7, 11) is 1.53. The van der Waals surface area contributed by atoms with Gasteiger partial charge in [0.15, 0.2) is 0 Å². The number of nitrogens with one attached hydrogen (secondary N) is 1. The second kappa shape index (κ2) is 9.30. The highest BCUT2D eigenvalue weighted by molar-refractivity contribution is 5.77. The fourth-order valence-electron chi connectivity index (χ4n) is 2.78. The van der Waals surface area contributed by atoms with Crippen molar-refractivity contribution in [1.29, 1.82) is 0 Å². The quantitative estimate of drug-likeness (QED) is 0.686. The van der Waals surface area contributed by atoms with Gasteiger partial charge in [-0.15, -0.1) is 0 Å². The van der Waals surface area contributed by atoms with Crippen molar-refractivity contribution in [2.75, 3.05) is 20.3 Å². The van der Waals surface area contributed by atoms with Gasteiger partial charge < -0.3 is 14.6 Å². The van der Waals surface area contributed by atoms with Gasteiger partial charge in [-0.3, -0.25) is 4.79 Å². The Labute approximate surface area is 138 Å². The number of methoxy groups -OCH3 is 1. The van der Waals surface area contributed by atoms with Crippen molar-refractivity contribution in [3.63, 3.8) is 0 Å². The first-order valence-corrected chi connectivity index (χ1v) is 8.46. The second-order valence-corrected chi connectivity index (χ2v) is 5.76. The molecule has 0 bridgehead atoms. The number of aryl methyl sites for hydroxylation is 2. The summed E-state index contributed by atoms with van der Waals surface area (Å²) in [5.74, 6) is 1.13. The third kappa shape index (κ3) is 5.06. The highest BCUT2D eigenvalue weighted by atomic mass is 16.5. The monoisotopic (exact) mass is 317 g/mol. The molecule has 0 aliphatic rings. The van der Waals surface area contributed by atoms with E-state index >= 15 is 0 Å². The van der Waals surface area contributed by atoms with E-state index in [1.165, 1.54) is 18.5 Å². The minimum atomic E-state index is -0.0442. The smallest absolute Gasteiger partial charge is 0.245 e. The van der Waals surface area contributed by atoms with Crippen LogP contribution in [0.4, 0.5) is 0 Å². The van der Waals surface area contributed by atoms with Crippen LogP contribution < -0.4 is 5.32 Å². The van der Waals surface area contributed by atoms with Crippen molar-refractivity contribution in [2.45, 2.75) is 45.6 Å². The highest BCUT2D eigenvalue weighted by Crippen LogP contribution is 2.18. The summed E-state index contributed by atoms with van der Waals surface area (Å²) < 4.78 is 7.12. The number of rotatable bonds is 10.